The minimum Gasteiger partial charge on any atom is -0.120 e. The van der Waals surface area contributed by atoms with Crippen LogP contribution < -0.4 is 0 Å². The van der Waals surface area contributed by atoms with E-state index in [4.69, 9.17) is 0 Å². The molecule has 0 fully saturated rings. The molecule has 0 unspecified atom stereocenters. The number of aryl methyl sites for hydroxylation is 1. The third-order valence-corrected chi connectivity index (χ3v) is 2.50. The van der Waals surface area contributed by atoms with Gasteiger partial charge in [-0.05, 0) is 18.1 Å². The van der Waals surface area contributed by atoms with Crippen molar-refractivity contribution in [3.8, 4) is 0 Å². The second kappa shape index (κ2) is 3.39. The number of halogens is 3. The predicted molar refractivity (Wildman–Crippen MR) is 45.0 cm³/mol. The zero-order valence-electron chi connectivity index (χ0n) is 6.56. The number of rotatable bonds is 2. The van der Waals surface area contributed by atoms with Crippen molar-refractivity contribution in [2.75, 3.05) is 0 Å². The fourth-order valence-electron chi connectivity index (χ4n) is 1.02. The van der Waals surface area contributed by atoms with E-state index in [2.05, 4.69) is 0 Å². The molecule has 0 atom stereocenters. The maximum Gasteiger partial charge on any atom is 0.237 e. The quantitative estimate of drug-likeness (QED) is 0.665. The Hall–Kier alpha value is -0.640. The summed E-state index contributed by atoms with van der Waals surface area (Å²) in [7, 11) is 0. The molecule has 0 bridgehead atoms. The lowest BCUT2D eigenvalue weighted by Gasteiger charge is -2.13. The molecule has 0 amide bonds. The molecule has 0 heterocycles. The molecule has 0 spiro atoms. The molecule has 1 aromatic rings. The largest absolute Gasteiger partial charge is 0.237 e. The van der Waals surface area contributed by atoms with E-state index in [0.717, 1.165) is 6.07 Å². The van der Waals surface area contributed by atoms with Gasteiger partial charge in [0, 0.05) is 0 Å². The molecule has 0 saturated carbocycles. The highest BCUT2D eigenvalue weighted by atomic mass is 32.3. The zero-order chi connectivity index (χ0) is 9.19. The van der Waals surface area contributed by atoms with Crippen LogP contribution in [0.4, 0.5) is 11.7 Å². The van der Waals surface area contributed by atoms with Crippen LogP contribution in [0.2, 0.25) is 0 Å². The summed E-state index contributed by atoms with van der Waals surface area (Å²) in [6.45, 7) is 1.73. The van der Waals surface area contributed by atoms with Crippen LogP contribution in [0.5, 0.6) is 0 Å². The maximum absolute atomic E-state index is 12.3. The third-order valence-electron chi connectivity index (χ3n) is 1.60. The van der Waals surface area contributed by atoms with Crippen molar-refractivity contribution in [2.24, 2.45) is 0 Å². The van der Waals surface area contributed by atoms with Gasteiger partial charge in [0.15, 0.2) is 0 Å². The van der Waals surface area contributed by atoms with E-state index in [1.165, 1.54) is 12.1 Å². The van der Waals surface area contributed by atoms with Crippen LogP contribution in [0.3, 0.4) is 0 Å². The van der Waals surface area contributed by atoms with Crippen LogP contribution >= 0.6 is 11.2 Å². The van der Waals surface area contributed by atoms with Crippen molar-refractivity contribution < 1.29 is 11.7 Å². The van der Waals surface area contributed by atoms with E-state index in [1.54, 1.807) is 13.0 Å². The molecule has 12 heavy (non-hydrogen) atoms. The van der Waals surface area contributed by atoms with Gasteiger partial charge in [0.05, 0.1) is 4.90 Å². The topological polar surface area (TPSA) is 0 Å². The van der Waals surface area contributed by atoms with Gasteiger partial charge in [-0.3, -0.25) is 0 Å². The average molecular weight is 194 g/mol. The zero-order valence-corrected chi connectivity index (χ0v) is 7.38. The van der Waals surface area contributed by atoms with Crippen LogP contribution in [-0.2, 0) is 6.42 Å². The molecule has 0 aromatic heterocycles. The molecule has 0 aliphatic rings. The Bertz CT molecular complexity index is 267. The summed E-state index contributed by atoms with van der Waals surface area (Å²) in [6.07, 6.45) is 0.433. The van der Waals surface area contributed by atoms with Crippen molar-refractivity contribution in [2.45, 2.75) is 18.2 Å². The summed E-state index contributed by atoms with van der Waals surface area (Å²) in [5.74, 6) is 0. The Kier molecular flexibility index (Phi) is 2.67. The van der Waals surface area contributed by atoms with Crippen LogP contribution in [-0.4, -0.2) is 0 Å². The van der Waals surface area contributed by atoms with Gasteiger partial charge in [0.2, 0.25) is 11.2 Å². The smallest absolute Gasteiger partial charge is 0.120 e. The maximum atomic E-state index is 12.3. The van der Waals surface area contributed by atoms with Crippen molar-refractivity contribution in [3.63, 3.8) is 0 Å². The second-order valence-corrected chi connectivity index (χ2v) is 3.62. The SMILES string of the molecule is CCc1ccccc1S(F)(F)F. The first-order valence-electron chi connectivity index (χ1n) is 3.56. The highest BCUT2D eigenvalue weighted by molar-refractivity contribution is 8.21. The summed E-state index contributed by atoms with van der Waals surface area (Å²) < 4.78 is 37.0. The molecule has 0 radical (unpaired) electrons. The summed E-state index contributed by atoms with van der Waals surface area (Å²) in [4.78, 5) is -0.437. The van der Waals surface area contributed by atoms with Gasteiger partial charge in [-0.25, -0.2) is 0 Å². The first-order valence-corrected chi connectivity index (χ1v) is 4.89. The summed E-state index contributed by atoms with van der Waals surface area (Å²) in [5, 5.41) is 0. The second-order valence-electron chi connectivity index (χ2n) is 2.37. The molecule has 0 N–H and O–H groups in total. The molecule has 0 saturated heterocycles. The van der Waals surface area contributed by atoms with E-state index >= 15 is 0 Å². The van der Waals surface area contributed by atoms with Crippen LogP contribution in [0.25, 0.3) is 0 Å². The normalized spacial score (nSPS) is 13.0. The average Bonchev–Trinajstić information content (AvgIpc) is 2.03. The minimum absolute atomic E-state index is 0.389. The standard InChI is InChI=1S/C8H9F3S/c1-2-7-5-3-4-6-8(7)12(9,10)11/h3-6H,2H2,1H3. The Morgan fingerprint density at radius 2 is 1.75 bits per heavy atom. The highest BCUT2D eigenvalue weighted by Crippen LogP contribution is 2.61. The highest BCUT2D eigenvalue weighted by Gasteiger charge is 2.26. The molecule has 68 valence electrons. The number of benzene rings is 1. The fourth-order valence-corrected chi connectivity index (χ4v) is 1.76. The molecular formula is C8H9F3S. The van der Waals surface area contributed by atoms with Crippen molar-refractivity contribution in [3.05, 3.63) is 29.8 Å². The van der Waals surface area contributed by atoms with Gasteiger partial charge in [0.1, 0.15) is 0 Å². The van der Waals surface area contributed by atoms with E-state index in [0.29, 0.717) is 12.0 Å². The Morgan fingerprint density at radius 3 is 2.17 bits per heavy atom. The molecular weight excluding hydrogens is 185 g/mol. The van der Waals surface area contributed by atoms with Gasteiger partial charge >= 0.3 is 0 Å². The lowest BCUT2D eigenvalue weighted by Crippen LogP contribution is -1.88. The number of hydrogen-bond donors (Lipinski definition) is 0. The van der Waals surface area contributed by atoms with Crippen molar-refractivity contribution in [1.82, 2.24) is 0 Å². The first kappa shape index (κ1) is 9.45. The lowest BCUT2D eigenvalue weighted by atomic mass is 10.2. The van der Waals surface area contributed by atoms with Crippen LogP contribution in [0, 0.1) is 0 Å². The van der Waals surface area contributed by atoms with Crippen molar-refractivity contribution in [1.29, 1.82) is 0 Å². The van der Waals surface area contributed by atoms with E-state index in [-0.39, 0.29) is 0 Å². The summed E-state index contributed by atoms with van der Waals surface area (Å²) >= 11 is -5.05. The Morgan fingerprint density at radius 1 is 1.17 bits per heavy atom. The number of hydrogen-bond acceptors (Lipinski definition) is 0. The Balaban J connectivity index is 3.14. The monoisotopic (exact) mass is 194 g/mol. The third kappa shape index (κ3) is 1.94. The van der Waals surface area contributed by atoms with E-state index in [9.17, 15) is 11.7 Å². The minimum atomic E-state index is -5.05. The van der Waals surface area contributed by atoms with Crippen LogP contribution in [0.15, 0.2) is 29.2 Å². The van der Waals surface area contributed by atoms with Gasteiger partial charge in [-0.2, -0.15) is 0 Å². The summed E-state index contributed by atoms with van der Waals surface area (Å²) in [6, 6.07) is 5.73. The fraction of sp³-hybridized carbons (Fsp3) is 0.250. The lowest BCUT2D eigenvalue weighted by molar-refractivity contribution is 0.630. The Labute approximate surface area is 71.6 Å². The van der Waals surface area contributed by atoms with Gasteiger partial charge in [-0.1, -0.05) is 25.1 Å². The summed E-state index contributed by atoms with van der Waals surface area (Å²) in [5.41, 5.74) is 0.389. The van der Waals surface area contributed by atoms with E-state index < -0.39 is 16.1 Å². The van der Waals surface area contributed by atoms with E-state index in [1.807, 2.05) is 0 Å². The van der Waals surface area contributed by atoms with Gasteiger partial charge in [-0.15, -0.1) is 11.7 Å². The van der Waals surface area contributed by atoms with Gasteiger partial charge < -0.3 is 0 Å². The predicted octanol–water partition coefficient (Wildman–Crippen LogP) is 4.07. The molecule has 0 aliphatic heterocycles. The first-order chi connectivity index (χ1) is 5.55. The van der Waals surface area contributed by atoms with Crippen molar-refractivity contribution >= 4 is 11.2 Å². The molecule has 4 heteroatoms. The van der Waals surface area contributed by atoms with Crippen LogP contribution in [0.1, 0.15) is 12.5 Å². The molecule has 1 aromatic carbocycles. The molecule has 1 rings (SSSR count). The molecule has 0 aliphatic carbocycles. The molecule has 0 nitrogen and oxygen atoms in total. The van der Waals surface area contributed by atoms with Gasteiger partial charge in [0.25, 0.3) is 0 Å².